The van der Waals surface area contributed by atoms with Gasteiger partial charge in [0.2, 0.25) is 0 Å². The van der Waals surface area contributed by atoms with Crippen molar-refractivity contribution in [3.63, 3.8) is 0 Å². The molecule has 2 unspecified atom stereocenters. The van der Waals surface area contributed by atoms with Crippen molar-refractivity contribution in [3.8, 4) is 5.75 Å². The molecule has 2 atom stereocenters. The molecule has 0 amide bonds. The molecule has 1 N–H and O–H groups in total. The number of ether oxygens (including phenoxy) is 1. The number of hydrogen-bond acceptors (Lipinski definition) is 3. The Hall–Kier alpha value is -1.45. The summed E-state index contributed by atoms with van der Waals surface area (Å²) in [5, 5.41) is 3.50. The van der Waals surface area contributed by atoms with E-state index >= 15 is 0 Å². The Balaban J connectivity index is 1.91. The van der Waals surface area contributed by atoms with Crippen molar-refractivity contribution in [2.45, 2.75) is 23.8 Å². The smallest absolute Gasteiger partial charge is 0.119 e. The average molecular weight is 299 g/mol. The third-order valence-electron chi connectivity index (χ3n) is 3.98. The van der Waals surface area contributed by atoms with E-state index in [1.807, 2.05) is 31.8 Å². The normalized spacial score (nSPS) is 18.3. The lowest BCUT2D eigenvalue weighted by Gasteiger charge is -2.24. The van der Waals surface area contributed by atoms with Crippen LogP contribution in [0.2, 0.25) is 0 Å². The first-order valence-electron chi connectivity index (χ1n) is 7.45. The van der Waals surface area contributed by atoms with Gasteiger partial charge in [-0.1, -0.05) is 30.3 Å². The van der Waals surface area contributed by atoms with Crippen LogP contribution in [0.3, 0.4) is 0 Å². The fourth-order valence-corrected chi connectivity index (χ4v) is 4.32. The molecule has 0 saturated carbocycles. The first-order chi connectivity index (χ1) is 10.3. The zero-order valence-electron chi connectivity index (χ0n) is 12.5. The quantitative estimate of drug-likeness (QED) is 0.892. The van der Waals surface area contributed by atoms with Crippen LogP contribution in [0, 0.1) is 0 Å². The zero-order valence-corrected chi connectivity index (χ0v) is 13.3. The van der Waals surface area contributed by atoms with Crippen LogP contribution in [-0.4, -0.2) is 19.4 Å². The summed E-state index contributed by atoms with van der Waals surface area (Å²) in [6, 6.07) is 17.5. The number of hydrogen-bond donors (Lipinski definition) is 1. The molecule has 0 radical (unpaired) electrons. The van der Waals surface area contributed by atoms with Crippen molar-refractivity contribution >= 4 is 11.8 Å². The SMILES string of the molecule is CCOc1cccc(C(NC)C2CSc3ccccc32)c1. The molecule has 1 heterocycles. The van der Waals surface area contributed by atoms with Crippen LogP contribution in [0.25, 0.3) is 0 Å². The Morgan fingerprint density at radius 2 is 2.10 bits per heavy atom. The Morgan fingerprint density at radius 1 is 1.24 bits per heavy atom. The fourth-order valence-electron chi connectivity index (χ4n) is 3.03. The molecule has 0 bridgehead atoms. The van der Waals surface area contributed by atoms with E-state index in [2.05, 4.69) is 47.8 Å². The van der Waals surface area contributed by atoms with Gasteiger partial charge in [-0.25, -0.2) is 0 Å². The number of fused-ring (bicyclic) bond motifs is 1. The van der Waals surface area contributed by atoms with Gasteiger partial charge < -0.3 is 10.1 Å². The number of thioether (sulfide) groups is 1. The highest BCUT2D eigenvalue weighted by atomic mass is 32.2. The molecule has 3 heteroatoms. The largest absolute Gasteiger partial charge is 0.494 e. The molecular formula is C18H21NOS. The molecule has 0 aromatic heterocycles. The van der Waals surface area contributed by atoms with Gasteiger partial charge in [0, 0.05) is 22.6 Å². The summed E-state index contributed by atoms with van der Waals surface area (Å²) >= 11 is 1.96. The molecule has 110 valence electrons. The van der Waals surface area contributed by atoms with Gasteiger partial charge in [0.25, 0.3) is 0 Å². The van der Waals surface area contributed by atoms with Crippen molar-refractivity contribution in [1.82, 2.24) is 5.32 Å². The van der Waals surface area contributed by atoms with Gasteiger partial charge >= 0.3 is 0 Å². The number of rotatable bonds is 5. The van der Waals surface area contributed by atoms with Crippen LogP contribution in [0.4, 0.5) is 0 Å². The van der Waals surface area contributed by atoms with Crippen LogP contribution in [0.1, 0.15) is 30.0 Å². The van der Waals surface area contributed by atoms with E-state index in [-0.39, 0.29) is 0 Å². The molecule has 0 aliphatic carbocycles. The molecule has 1 aliphatic rings. The van der Waals surface area contributed by atoms with Gasteiger partial charge in [-0.15, -0.1) is 11.8 Å². The summed E-state index contributed by atoms with van der Waals surface area (Å²) in [4.78, 5) is 1.42. The molecule has 3 rings (SSSR count). The minimum atomic E-state index is 0.321. The van der Waals surface area contributed by atoms with Gasteiger partial charge in [-0.2, -0.15) is 0 Å². The van der Waals surface area contributed by atoms with Crippen molar-refractivity contribution in [2.24, 2.45) is 0 Å². The molecule has 0 saturated heterocycles. The Morgan fingerprint density at radius 3 is 2.90 bits per heavy atom. The van der Waals surface area contributed by atoms with E-state index < -0.39 is 0 Å². The summed E-state index contributed by atoms with van der Waals surface area (Å²) in [7, 11) is 2.05. The van der Waals surface area contributed by atoms with Crippen molar-refractivity contribution in [3.05, 3.63) is 59.7 Å². The summed E-state index contributed by atoms with van der Waals surface area (Å²) < 4.78 is 5.64. The average Bonchev–Trinajstić information content (AvgIpc) is 2.93. The standard InChI is InChI=1S/C18H21NOS/c1-3-20-14-8-6-7-13(11-14)18(19-2)16-12-21-17-10-5-4-9-15(16)17/h4-11,16,18-19H,3,12H2,1-2H3. The van der Waals surface area contributed by atoms with Gasteiger partial charge in [-0.05, 0) is 43.3 Å². The predicted molar refractivity (Wildman–Crippen MR) is 89.3 cm³/mol. The number of likely N-dealkylation sites (N-methyl/N-ethyl adjacent to an activating group) is 1. The van der Waals surface area contributed by atoms with Gasteiger partial charge in [0.05, 0.1) is 6.61 Å². The minimum Gasteiger partial charge on any atom is -0.494 e. The third-order valence-corrected chi connectivity index (χ3v) is 5.19. The van der Waals surface area contributed by atoms with E-state index in [1.165, 1.54) is 16.0 Å². The lowest BCUT2D eigenvalue weighted by Crippen LogP contribution is -2.24. The third kappa shape index (κ3) is 2.94. The lowest BCUT2D eigenvalue weighted by atomic mass is 9.88. The Bertz CT molecular complexity index is 614. The maximum absolute atomic E-state index is 5.64. The molecule has 2 aromatic rings. The number of benzene rings is 2. The molecule has 2 aromatic carbocycles. The maximum Gasteiger partial charge on any atom is 0.119 e. The van der Waals surface area contributed by atoms with E-state index in [1.54, 1.807) is 0 Å². The summed E-state index contributed by atoms with van der Waals surface area (Å²) in [6.07, 6.45) is 0. The Labute approximate surface area is 130 Å². The molecule has 0 spiro atoms. The number of nitrogens with one attached hydrogen (secondary N) is 1. The second-order valence-electron chi connectivity index (χ2n) is 5.23. The highest BCUT2D eigenvalue weighted by molar-refractivity contribution is 7.99. The van der Waals surface area contributed by atoms with Crippen LogP contribution in [0.5, 0.6) is 5.75 Å². The summed E-state index contributed by atoms with van der Waals surface area (Å²) in [5.41, 5.74) is 2.76. The Kier molecular flexibility index (Phi) is 4.51. The highest BCUT2D eigenvalue weighted by Crippen LogP contribution is 2.45. The first kappa shape index (κ1) is 14.5. The van der Waals surface area contributed by atoms with Crippen LogP contribution < -0.4 is 10.1 Å². The molecule has 2 nitrogen and oxygen atoms in total. The summed E-state index contributed by atoms with van der Waals surface area (Å²) in [6.45, 7) is 2.72. The monoisotopic (exact) mass is 299 g/mol. The molecule has 21 heavy (non-hydrogen) atoms. The maximum atomic E-state index is 5.64. The van der Waals surface area contributed by atoms with Crippen LogP contribution in [-0.2, 0) is 0 Å². The van der Waals surface area contributed by atoms with Gasteiger partial charge in [0.1, 0.15) is 5.75 Å². The fraction of sp³-hybridized carbons (Fsp3) is 0.333. The zero-order chi connectivity index (χ0) is 14.7. The highest BCUT2D eigenvalue weighted by Gasteiger charge is 2.30. The van der Waals surface area contributed by atoms with Crippen molar-refractivity contribution in [2.75, 3.05) is 19.4 Å². The molecular weight excluding hydrogens is 278 g/mol. The van der Waals surface area contributed by atoms with Crippen LogP contribution in [0.15, 0.2) is 53.4 Å². The second-order valence-corrected chi connectivity index (χ2v) is 6.29. The summed E-state index contributed by atoms with van der Waals surface area (Å²) in [5.74, 6) is 2.59. The topological polar surface area (TPSA) is 21.3 Å². The van der Waals surface area contributed by atoms with Gasteiger partial charge in [-0.3, -0.25) is 0 Å². The predicted octanol–water partition coefficient (Wildman–Crippen LogP) is 4.24. The van der Waals surface area contributed by atoms with Crippen LogP contribution >= 0.6 is 11.8 Å². The molecule has 1 aliphatic heterocycles. The molecule has 0 fully saturated rings. The van der Waals surface area contributed by atoms with Gasteiger partial charge in [0.15, 0.2) is 0 Å². The van der Waals surface area contributed by atoms with E-state index in [0.717, 1.165) is 11.5 Å². The second kappa shape index (κ2) is 6.54. The van der Waals surface area contributed by atoms with E-state index in [9.17, 15) is 0 Å². The first-order valence-corrected chi connectivity index (χ1v) is 8.43. The lowest BCUT2D eigenvalue weighted by molar-refractivity contribution is 0.339. The van der Waals surface area contributed by atoms with E-state index in [0.29, 0.717) is 18.6 Å². The minimum absolute atomic E-state index is 0.321. The van der Waals surface area contributed by atoms with E-state index in [4.69, 9.17) is 4.74 Å². The van der Waals surface area contributed by atoms with Crippen molar-refractivity contribution in [1.29, 1.82) is 0 Å². The van der Waals surface area contributed by atoms with Crippen molar-refractivity contribution < 1.29 is 4.74 Å².